The molecule has 1 aromatic heterocycles. The highest BCUT2D eigenvalue weighted by Crippen LogP contribution is 2.25. The van der Waals surface area contributed by atoms with E-state index in [1.165, 1.54) is 0 Å². The molecule has 0 aliphatic rings. The number of carbonyl (C=O) groups is 1. The van der Waals surface area contributed by atoms with Gasteiger partial charge in [-0.25, -0.2) is 4.98 Å². The first-order valence-corrected chi connectivity index (χ1v) is 9.07. The van der Waals surface area contributed by atoms with Crippen LogP contribution in [0.15, 0.2) is 66.9 Å². The van der Waals surface area contributed by atoms with Crippen LogP contribution in [0.2, 0.25) is 0 Å². The van der Waals surface area contributed by atoms with E-state index < -0.39 is 0 Å². The summed E-state index contributed by atoms with van der Waals surface area (Å²) < 4.78 is 16.0. The molecule has 0 unspecified atom stereocenters. The minimum absolute atomic E-state index is 0.131. The number of ether oxygens (including phenoxy) is 3. The fourth-order valence-electron chi connectivity index (χ4n) is 2.69. The van der Waals surface area contributed by atoms with Gasteiger partial charge in [-0.2, -0.15) is 0 Å². The van der Waals surface area contributed by atoms with Gasteiger partial charge in [0.05, 0.1) is 26.1 Å². The van der Waals surface area contributed by atoms with Gasteiger partial charge in [-0.1, -0.05) is 30.3 Å². The standard InChI is InChI=1S/C22H23N3O4/c1-27-18-8-4-3-7-16(18)13-23-21-12-11-17(14-24-21)25-22(26)15-29-20-10-6-5-9-19(20)28-2/h3-12,14H,13,15H2,1-2H3,(H,23,24)(H,25,26). The largest absolute Gasteiger partial charge is 0.496 e. The number of carbonyl (C=O) groups excluding carboxylic acids is 1. The van der Waals surface area contributed by atoms with E-state index >= 15 is 0 Å². The molecule has 7 heteroatoms. The van der Waals surface area contributed by atoms with Crippen LogP contribution >= 0.6 is 0 Å². The second kappa shape index (κ2) is 9.98. The molecule has 1 amide bonds. The van der Waals surface area contributed by atoms with Gasteiger partial charge in [-0.3, -0.25) is 4.79 Å². The van der Waals surface area contributed by atoms with Gasteiger partial charge < -0.3 is 24.8 Å². The van der Waals surface area contributed by atoms with Crippen molar-refractivity contribution in [3.8, 4) is 17.2 Å². The van der Waals surface area contributed by atoms with E-state index in [0.717, 1.165) is 11.3 Å². The molecule has 0 saturated carbocycles. The Morgan fingerprint density at radius 1 is 0.897 bits per heavy atom. The lowest BCUT2D eigenvalue weighted by Crippen LogP contribution is -2.20. The van der Waals surface area contributed by atoms with Crippen LogP contribution in [0.25, 0.3) is 0 Å². The Labute approximate surface area is 169 Å². The summed E-state index contributed by atoms with van der Waals surface area (Å²) in [5, 5.41) is 5.99. The van der Waals surface area contributed by atoms with E-state index in [1.807, 2.05) is 36.4 Å². The second-order valence-corrected chi connectivity index (χ2v) is 6.09. The fraction of sp³-hybridized carbons (Fsp3) is 0.182. The Morgan fingerprint density at radius 3 is 2.28 bits per heavy atom. The molecule has 150 valence electrons. The molecular formula is C22H23N3O4. The van der Waals surface area contributed by atoms with Crippen molar-refractivity contribution in [2.45, 2.75) is 6.54 Å². The summed E-state index contributed by atoms with van der Waals surface area (Å²) in [7, 11) is 3.20. The van der Waals surface area contributed by atoms with Crippen molar-refractivity contribution in [1.82, 2.24) is 4.98 Å². The third-order valence-electron chi connectivity index (χ3n) is 4.13. The molecule has 1 heterocycles. The van der Waals surface area contributed by atoms with Crippen LogP contribution in [0.5, 0.6) is 17.2 Å². The number of nitrogens with one attached hydrogen (secondary N) is 2. The molecule has 0 bridgehead atoms. The van der Waals surface area contributed by atoms with Gasteiger partial charge in [0.15, 0.2) is 18.1 Å². The number of rotatable bonds is 9. The number of benzene rings is 2. The topological polar surface area (TPSA) is 81.7 Å². The molecule has 0 radical (unpaired) electrons. The predicted molar refractivity (Wildman–Crippen MR) is 112 cm³/mol. The quantitative estimate of drug-likeness (QED) is 0.577. The molecule has 0 aliphatic heterocycles. The van der Waals surface area contributed by atoms with E-state index in [1.54, 1.807) is 44.7 Å². The average Bonchev–Trinajstić information content (AvgIpc) is 2.77. The summed E-state index contributed by atoms with van der Waals surface area (Å²) in [5.74, 6) is 2.32. The first-order chi connectivity index (χ1) is 14.2. The van der Waals surface area contributed by atoms with Gasteiger partial charge in [0.25, 0.3) is 5.91 Å². The fourth-order valence-corrected chi connectivity index (χ4v) is 2.69. The van der Waals surface area contributed by atoms with Crippen molar-refractivity contribution in [3.05, 3.63) is 72.4 Å². The highest BCUT2D eigenvalue weighted by atomic mass is 16.5. The summed E-state index contributed by atoms with van der Waals surface area (Å²) in [5.41, 5.74) is 1.61. The number of anilines is 2. The number of methoxy groups -OCH3 is 2. The summed E-state index contributed by atoms with van der Waals surface area (Å²) in [4.78, 5) is 16.4. The molecule has 0 aliphatic carbocycles. The number of hydrogen-bond acceptors (Lipinski definition) is 6. The maximum absolute atomic E-state index is 12.1. The van der Waals surface area contributed by atoms with Crippen LogP contribution in [0.4, 0.5) is 11.5 Å². The zero-order valence-electron chi connectivity index (χ0n) is 16.3. The lowest BCUT2D eigenvalue weighted by molar-refractivity contribution is -0.118. The Bertz CT molecular complexity index is 945. The number of pyridine rings is 1. The van der Waals surface area contributed by atoms with Crippen LogP contribution in [-0.2, 0) is 11.3 Å². The normalized spacial score (nSPS) is 10.1. The number of aromatic nitrogens is 1. The van der Waals surface area contributed by atoms with Gasteiger partial charge >= 0.3 is 0 Å². The zero-order valence-corrected chi connectivity index (χ0v) is 16.3. The van der Waals surface area contributed by atoms with E-state index in [0.29, 0.717) is 29.5 Å². The molecule has 0 fully saturated rings. The Kier molecular flexibility index (Phi) is 6.89. The minimum atomic E-state index is -0.285. The van der Waals surface area contributed by atoms with Crippen molar-refractivity contribution >= 4 is 17.4 Å². The summed E-state index contributed by atoms with van der Waals surface area (Å²) in [6, 6.07) is 18.5. The molecule has 2 N–H and O–H groups in total. The lowest BCUT2D eigenvalue weighted by Gasteiger charge is -2.11. The Hall–Kier alpha value is -3.74. The molecule has 29 heavy (non-hydrogen) atoms. The molecule has 0 atom stereocenters. The van der Waals surface area contributed by atoms with Crippen LogP contribution < -0.4 is 24.8 Å². The summed E-state index contributed by atoms with van der Waals surface area (Å²) >= 11 is 0. The Morgan fingerprint density at radius 2 is 1.59 bits per heavy atom. The highest BCUT2D eigenvalue weighted by molar-refractivity contribution is 5.91. The van der Waals surface area contributed by atoms with E-state index in [-0.39, 0.29) is 12.5 Å². The first kappa shape index (κ1) is 20.0. The molecule has 0 saturated heterocycles. The van der Waals surface area contributed by atoms with E-state index in [2.05, 4.69) is 15.6 Å². The molecule has 0 spiro atoms. The number of nitrogens with zero attached hydrogens (tertiary/aromatic N) is 1. The third kappa shape index (κ3) is 5.62. The van der Waals surface area contributed by atoms with Crippen LogP contribution in [-0.4, -0.2) is 31.7 Å². The smallest absolute Gasteiger partial charge is 0.262 e. The lowest BCUT2D eigenvalue weighted by atomic mass is 10.2. The molecule has 7 nitrogen and oxygen atoms in total. The van der Waals surface area contributed by atoms with Gasteiger partial charge in [-0.15, -0.1) is 0 Å². The molecular weight excluding hydrogens is 370 g/mol. The van der Waals surface area contributed by atoms with Crippen LogP contribution in [0.1, 0.15) is 5.56 Å². The van der Waals surface area contributed by atoms with Crippen molar-refractivity contribution < 1.29 is 19.0 Å². The SMILES string of the molecule is COc1ccccc1CNc1ccc(NC(=O)COc2ccccc2OC)cn1. The number of para-hydroxylation sites is 3. The molecule has 2 aromatic carbocycles. The highest BCUT2D eigenvalue weighted by Gasteiger charge is 2.08. The van der Waals surface area contributed by atoms with Gasteiger partial charge in [0.2, 0.25) is 0 Å². The van der Waals surface area contributed by atoms with Crippen LogP contribution in [0.3, 0.4) is 0 Å². The summed E-state index contributed by atoms with van der Waals surface area (Å²) in [6.45, 7) is 0.448. The van der Waals surface area contributed by atoms with Crippen molar-refractivity contribution in [1.29, 1.82) is 0 Å². The van der Waals surface area contributed by atoms with Gasteiger partial charge in [-0.05, 0) is 30.3 Å². The average molecular weight is 393 g/mol. The molecule has 3 aromatic rings. The first-order valence-electron chi connectivity index (χ1n) is 9.07. The summed E-state index contributed by atoms with van der Waals surface area (Å²) in [6.07, 6.45) is 1.59. The Balaban J connectivity index is 1.50. The number of amides is 1. The second-order valence-electron chi connectivity index (χ2n) is 6.09. The zero-order chi connectivity index (χ0) is 20.5. The van der Waals surface area contributed by atoms with Crippen molar-refractivity contribution in [2.24, 2.45) is 0 Å². The molecule has 3 rings (SSSR count). The van der Waals surface area contributed by atoms with Gasteiger partial charge in [0.1, 0.15) is 11.6 Å². The van der Waals surface area contributed by atoms with Crippen molar-refractivity contribution in [3.63, 3.8) is 0 Å². The van der Waals surface area contributed by atoms with E-state index in [9.17, 15) is 4.79 Å². The minimum Gasteiger partial charge on any atom is -0.496 e. The maximum atomic E-state index is 12.1. The van der Waals surface area contributed by atoms with Crippen LogP contribution in [0, 0.1) is 0 Å². The number of hydrogen-bond donors (Lipinski definition) is 2. The monoisotopic (exact) mass is 393 g/mol. The van der Waals surface area contributed by atoms with Crippen molar-refractivity contribution in [2.75, 3.05) is 31.5 Å². The van der Waals surface area contributed by atoms with E-state index in [4.69, 9.17) is 14.2 Å². The predicted octanol–water partition coefficient (Wildman–Crippen LogP) is 3.73. The maximum Gasteiger partial charge on any atom is 0.262 e. The van der Waals surface area contributed by atoms with Gasteiger partial charge in [0, 0.05) is 12.1 Å². The third-order valence-corrected chi connectivity index (χ3v) is 4.13.